The van der Waals surface area contributed by atoms with Crippen LogP contribution in [0.25, 0.3) is 0 Å². The quantitative estimate of drug-likeness (QED) is 0.418. The molecule has 0 aromatic heterocycles. The summed E-state index contributed by atoms with van der Waals surface area (Å²) < 4.78 is 20.8. The molecule has 6 nitrogen and oxygen atoms in total. The molecule has 2 aromatic rings. The molecule has 0 saturated heterocycles. The van der Waals surface area contributed by atoms with Crippen LogP contribution in [0.5, 0.6) is 5.75 Å². The van der Waals surface area contributed by atoms with Crippen LogP contribution >= 0.6 is 0 Å². The van der Waals surface area contributed by atoms with Gasteiger partial charge in [0.1, 0.15) is 5.75 Å². The summed E-state index contributed by atoms with van der Waals surface area (Å²) in [6.07, 6.45) is 1.39. The average molecular weight is 400 g/mol. The van der Waals surface area contributed by atoms with Crippen molar-refractivity contribution in [1.82, 2.24) is 0 Å². The van der Waals surface area contributed by atoms with Gasteiger partial charge < -0.3 is 18.9 Å². The minimum absolute atomic E-state index is 0.183. The van der Waals surface area contributed by atoms with E-state index in [-0.39, 0.29) is 6.10 Å². The number of esters is 2. The zero-order valence-electron chi connectivity index (χ0n) is 17.1. The van der Waals surface area contributed by atoms with Gasteiger partial charge in [0.25, 0.3) is 0 Å². The first-order valence-corrected chi connectivity index (χ1v) is 9.54. The van der Waals surface area contributed by atoms with E-state index in [1.165, 1.54) is 14.2 Å². The van der Waals surface area contributed by atoms with Crippen molar-refractivity contribution < 1.29 is 28.5 Å². The number of hydrogen-bond donors (Lipinski definition) is 0. The van der Waals surface area contributed by atoms with E-state index in [9.17, 15) is 9.59 Å². The Kier molecular flexibility index (Phi) is 9.18. The van der Waals surface area contributed by atoms with Crippen molar-refractivity contribution in [3.63, 3.8) is 0 Å². The summed E-state index contributed by atoms with van der Waals surface area (Å²) >= 11 is 0. The molecule has 0 N–H and O–H groups in total. The van der Waals surface area contributed by atoms with Gasteiger partial charge in [-0.05, 0) is 42.5 Å². The first-order valence-electron chi connectivity index (χ1n) is 9.54. The second-order valence-electron chi connectivity index (χ2n) is 6.59. The summed E-state index contributed by atoms with van der Waals surface area (Å²) in [5, 5.41) is 0. The highest BCUT2D eigenvalue weighted by Crippen LogP contribution is 2.28. The molecule has 0 heterocycles. The second-order valence-corrected chi connectivity index (χ2v) is 6.59. The van der Waals surface area contributed by atoms with E-state index in [1.54, 1.807) is 7.11 Å². The lowest BCUT2D eigenvalue weighted by atomic mass is 9.97. The Morgan fingerprint density at radius 2 is 1.45 bits per heavy atom. The molecule has 0 saturated carbocycles. The summed E-state index contributed by atoms with van der Waals surface area (Å²) in [6, 6.07) is 17.6. The van der Waals surface area contributed by atoms with Gasteiger partial charge in [-0.15, -0.1) is 0 Å². The van der Waals surface area contributed by atoms with Gasteiger partial charge in [0.15, 0.2) is 5.92 Å². The third-order valence-electron chi connectivity index (χ3n) is 4.71. The standard InChI is InChI=1S/C23H28O6/c1-26-19-14-12-18(13-15-19)21(29-16-17-8-5-4-6-9-17)11-7-10-20(22(24)27-2)23(25)28-3/h4-6,8-9,12-15,20-21H,7,10-11,16H2,1-3H3/t21-/m0/s1. The SMILES string of the molecule is COC(=O)C(CCC[C@H](OCc1ccccc1)c1ccc(OC)cc1)C(=O)OC. The van der Waals surface area contributed by atoms with E-state index in [0.717, 1.165) is 16.9 Å². The van der Waals surface area contributed by atoms with Crippen LogP contribution in [0, 0.1) is 5.92 Å². The van der Waals surface area contributed by atoms with Gasteiger partial charge in [0.2, 0.25) is 0 Å². The molecule has 0 aliphatic carbocycles. The second kappa shape index (κ2) is 11.9. The fourth-order valence-corrected chi connectivity index (χ4v) is 3.06. The third-order valence-corrected chi connectivity index (χ3v) is 4.71. The van der Waals surface area contributed by atoms with Crippen LogP contribution in [0.1, 0.15) is 36.5 Å². The highest BCUT2D eigenvalue weighted by Gasteiger charge is 2.28. The van der Waals surface area contributed by atoms with Crippen LogP contribution in [0.4, 0.5) is 0 Å². The third kappa shape index (κ3) is 6.91. The fraction of sp³-hybridized carbons (Fsp3) is 0.391. The van der Waals surface area contributed by atoms with Crippen molar-refractivity contribution in [3.8, 4) is 5.75 Å². The van der Waals surface area contributed by atoms with Crippen LogP contribution in [0.15, 0.2) is 54.6 Å². The highest BCUT2D eigenvalue weighted by molar-refractivity contribution is 5.94. The van der Waals surface area contributed by atoms with E-state index in [2.05, 4.69) is 0 Å². The zero-order valence-corrected chi connectivity index (χ0v) is 17.1. The minimum Gasteiger partial charge on any atom is -0.497 e. The van der Waals surface area contributed by atoms with Crippen LogP contribution in [0.2, 0.25) is 0 Å². The number of ether oxygens (including phenoxy) is 4. The Balaban J connectivity index is 2.05. The molecule has 0 unspecified atom stereocenters. The van der Waals surface area contributed by atoms with E-state index >= 15 is 0 Å². The Labute approximate surface area is 171 Å². The molecule has 0 aliphatic heterocycles. The Morgan fingerprint density at radius 1 is 0.828 bits per heavy atom. The maximum Gasteiger partial charge on any atom is 0.320 e. The van der Waals surface area contributed by atoms with Gasteiger partial charge in [-0.3, -0.25) is 9.59 Å². The molecule has 29 heavy (non-hydrogen) atoms. The monoisotopic (exact) mass is 400 g/mol. The topological polar surface area (TPSA) is 71.1 Å². The summed E-state index contributed by atoms with van der Waals surface area (Å²) in [4.78, 5) is 23.7. The molecular formula is C23H28O6. The molecule has 0 spiro atoms. The molecule has 156 valence electrons. The Bertz CT molecular complexity index is 741. The largest absolute Gasteiger partial charge is 0.497 e. The van der Waals surface area contributed by atoms with E-state index < -0.39 is 17.9 Å². The Morgan fingerprint density at radius 3 is 2.00 bits per heavy atom. The number of carbonyl (C=O) groups is 2. The highest BCUT2D eigenvalue weighted by atomic mass is 16.5. The van der Waals surface area contributed by atoms with E-state index in [4.69, 9.17) is 18.9 Å². The predicted octanol–water partition coefficient (Wildman–Crippen LogP) is 4.09. The summed E-state index contributed by atoms with van der Waals surface area (Å²) in [7, 11) is 4.15. The summed E-state index contributed by atoms with van der Waals surface area (Å²) in [6.45, 7) is 0.467. The molecule has 0 fully saturated rings. The Hall–Kier alpha value is -2.86. The zero-order chi connectivity index (χ0) is 21.1. The number of benzene rings is 2. The van der Waals surface area contributed by atoms with Gasteiger partial charge in [0, 0.05) is 0 Å². The van der Waals surface area contributed by atoms with Crippen molar-refractivity contribution in [3.05, 3.63) is 65.7 Å². The van der Waals surface area contributed by atoms with Crippen LogP contribution in [-0.2, 0) is 30.4 Å². The average Bonchev–Trinajstić information content (AvgIpc) is 2.78. The fourth-order valence-electron chi connectivity index (χ4n) is 3.06. The first kappa shape index (κ1) is 22.4. The lowest BCUT2D eigenvalue weighted by Gasteiger charge is -2.20. The maximum atomic E-state index is 11.9. The first-order chi connectivity index (χ1) is 14.1. The van der Waals surface area contributed by atoms with Crippen LogP contribution < -0.4 is 4.74 Å². The lowest BCUT2D eigenvalue weighted by Crippen LogP contribution is -2.26. The normalized spacial score (nSPS) is 11.7. The van der Waals surface area contributed by atoms with Gasteiger partial charge in [-0.25, -0.2) is 0 Å². The van der Waals surface area contributed by atoms with Crippen LogP contribution in [0.3, 0.4) is 0 Å². The van der Waals surface area contributed by atoms with Gasteiger partial charge >= 0.3 is 11.9 Å². The number of hydrogen-bond acceptors (Lipinski definition) is 6. The van der Waals surface area contributed by atoms with E-state index in [1.807, 2.05) is 54.6 Å². The molecule has 1 atom stereocenters. The molecule has 0 bridgehead atoms. The smallest absolute Gasteiger partial charge is 0.320 e. The molecule has 0 radical (unpaired) electrons. The number of methoxy groups -OCH3 is 3. The van der Waals surface area contributed by atoms with Crippen molar-refractivity contribution in [2.24, 2.45) is 5.92 Å². The minimum atomic E-state index is -0.921. The lowest BCUT2D eigenvalue weighted by molar-refractivity contribution is -0.159. The molecular weight excluding hydrogens is 372 g/mol. The molecule has 2 aromatic carbocycles. The van der Waals surface area contributed by atoms with Gasteiger partial charge in [-0.1, -0.05) is 42.5 Å². The molecule has 2 rings (SSSR count). The summed E-state index contributed by atoms with van der Waals surface area (Å²) in [5.74, 6) is -1.31. The van der Waals surface area contributed by atoms with Crippen molar-refractivity contribution in [1.29, 1.82) is 0 Å². The van der Waals surface area contributed by atoms with Crippen molar-refractivity contribution in [2.75, 3.05) is 21.3 Å². The van der Waals surface area contributed by atoms with Crippen molar-refractivity contribution in [2.45, 2.75) is 32.0 Å². The molecule has 6 heteroatoms. The number of carbonyl (C=O) groups excluding carboxylic acids is 2. The van der Waals surface area contributed by atoms with Crippen LogP contribution in [-0.4, -0.2) is 33.3 Å². The molecule has 0 aliphatic rings. The predicted molar refractivity (Wildman–Crippen MR) is 108 cm³/mol. The molecule has 0 amide bonds. The number of rotatable bonds is 11. The van der Waals surface area contributed by atoms with Crippen molar-refractivity contribution >= 4 is 11.9 Å². The van der Waals surface area contributed by atoms with Gasteiger partial charge in [-0.2, -0.15) is 0 Å². The summed E-state index contributed by atoms with van der Waals surface area (Å²) in [5.41, 5.74) is 2.09. The van der Waals surface area contributed by atoms with E-state index in [0.29, 0.717) is 25.9 Å². The van der Waals surface area contributed by atoms with Gasteiger partial charge in [0.05, 0.1) is 34.0 Å². The maximum absolute atomic E-state index is 11.9.